The van der Waals surface area contributed by atoms with E-state index in [0.29, 0.717) is 5.69 Å². The van der Waals surface area contributed by atoms with Gasteiger partial charge in [0, 0.05) is 0 Å². The number of esters is 1. The average molecular weight is 253 g/mol. The van der Waals surface area contributed by atoms with Crippen LogP contribution in [0.1, 0.15) is 10.5 Å². The summed E-state index contributed by atoms with van der Waals surface area (Å²) >= 11 is 0. The monoisotopic (exact) mass is 253 g/mol. The van der Waals surface area contributed by atoms with Crippen molar-refractivity contribution in [3.63, 3.8) is 0 Å². The number of urea groups is 1. The SMILES string of the molecule is COC(=O)CNC(=O)Nc1ccc(C(=O)O)nc1. The lowest BCUT2D eigenvalue weighted by atomic mass is 10.3. The second-order valence-electron chi connectivity index (χ2n) is 3.12. The summed E-state index contributed by atoms with van der Waals surface area (Å²) in [6, 6.07) is 2.01. The first-order valence-corrected chi connectivity index (χ1v) is 4.84. The first-order valence-electron chi connectivity index (χ1n) is 4.84. The number of aromatic nitrogens is 1. The number of anilines is 1. The Morgan fingerprint density at radius 2 is 2.11 bits per heavy atom. The summed E-state index contributed by atoms with van der Waals surface area (Å²) in [6.45, 7) is -0.261. The second-order valence-corrected chi connectivity index (χ2v) is 3.12. The maximum atomic E-state index is 11.3. The molecule has 0 saturated heterocycles. The number of pyridine rings is 1. The maximum Gasteiger partial charge on any atom is 0.354 e. The second kappa shape index (κ2) is 6.18. The van der Waals surface area contributed by atoms with Gasteiger partial charge in [0.25, 0.3) is 0 Å². The third kappa shape index (κ3) is 4.08. The summed E-state index contributed by atoms with van der Waals surface area (Å²) in [5, 5.41) is 13.2. The van der Waals surface area contributed by atoms with Crippen molar-refractivity contribution in [1.82, 2.24) is 10.3 Å². The zero-order valence-electron chi connectivity index (χ0n) is 9.47. The molecule has 3 N–H and O–H groups in total. The Morgan fingerprint density at radius 3 is 2.61 bits per heavy atom. The summed E-state index contributed by atoms with van der Waals surface area (Å²) in [6.07, 6.45) is 1.20. The molecule has 18 heavy (non-hydrogen) atoms. The van der Waals surface area contributed by atoms with E-state index in [0.717, 1.165) is 0 Å². The van der Waals surface area contributed by atoms with Crippen LogP contribution < -0.4 is 10.6 Å². The highest BCUT2D eigenvalue weighted by Crippen LogP contribution is 2.05. The van der Waals surface area contributed by atoms with Crippen LogP contribution >= 0.6 is 0 Å². The molecule has 0 aliphatic heterocycles. The van der Waals surface area contributed by atoms with E-state index in [1.807, 2.05) is 0 Å². The molecule has 0 fully saturated rings. The van der Waals surface area contributed by atoms with Gasteiger partial charge in [0.05, 0.1) is 19.0 Å². The molecule has 1 heterocycles. The van der Waals surface area contributed by atoms with E-state index >= 15 is 0 Å². The van der Waals surface area contributed by atoms with Crippen molar-refractivity contribution in [2.45, 2.75) is 0 Å². The third-order valence-corrected chi connectivity index (χ3v) is 1.86. The van der Waals surface area contributed by atoms with Gasteiger partial charge < -0.3 is 20.5 Å². The molecule has 0 spiro atoms. The highest BCUT2D eigenvalue weighted by molar-refractivity contribution is 5.92. The fourth-order valence-electron chi connectivity index (χ4n) is 0.994. The molecule has 1 rings (SSSR count). The van der Waals surface area contributed by atoms with Crippen molar-refractivity contribution in [1.29, 1.82) is 0 Å². The van der Waals surface area contributed by atoms with Crippen LogP contribution in [-0.4, -0.2) is 41.7 Å². The number of ether oxygens (including phenoxy) is 1. The summed E-state index contributed by atoms with van der Waals surface area (Å²) in [4.78, 5) is 36.2. The number of aromatic carboxylic acids is 1. The number of carbonyl (C=O) groups excluding carboxylic acids is 2. The fourth-order valence-corrected chi connectivity index (χ4v) is 0.994. The van der Waals surface area contributed by atoms with Crippen LogP contribution in [0.2, 0.25) is 0 Å². The minimum absolute atomic E-state index is 0.129. The number of hydrogen-bond donors (Lipinski definition) is 3. The molecule has 0 radical (unpaired) electrons. The van der Waals surface area contributed by atoms with Gasteiger partial charge in [-0.05, 0) is 12.1 Å². The molecule has 0 saturated carbocycles. The molecule has 1 aromatic heterocycles. The number of rotatable bonds is 4. The first kappa shape index (κ1) is 13.4. The van der Waals surface area contributed by atoms with Gasteiger partial charge in [-0.3, -0.25) is 4.79 Å². The van der Waals surface area contributed by atoms with Crippen LogP contribution in [0.5, 0.6) is 0 Å². The van der Waals surface area contributed by atoms with Crippen LogP contribution in [0.25, 0.3) is 0 Å². The molecule has 0 aromatic carbocycles. The topological polar surface area (TPSA) is 118 Å². The summed E-state index contributed by atoms with van der Waals surface area (Å²) in [7, 11) is 1.20. The van der Waals surface area contributed by atoms with Gasteiger partial charge in [0.2, 0.25) is 0 Å². The number of nitrogens with zero attached hydrogens (tertiary/aromatic N) is 1. The molecule has 0 atom stereocenters. The van der Waals surface area contributed by atoms with Crippen LogP contribution in [0.3, 0.4) is 0 Å². The van der Waals surface area contributed by atoms with E-state index in [4.69, 9.17) is 5.11 Å². The number of methoxy groups -OCH3 is 1. The molecular weight excluding hydrogens is 242 g/mol. The van der Waals surface area contributed by atoms with E-state index in [2.05, 4.69) is 20.4 Å². The Kier molecular flexibility index (Phi) is 4.61. The Bertz CT molecular complexity index is 457. The van der Waals surface area contributed by atoms with Gasteiger partial charge in [-0.1, -0.05) is 0 Å². The van der Waals surface area contributed by atoms with E-state index in [1.54, 1.807) is 0 Å². The lowest BCUT2D eigenvalue weighted by Gasteiger charge is -2.06. The molecule has 96 valence electrons. The summed E-state index contributed by atoms with van der Waals surface area (Å²) < 4.78 is 4.33. The van der Waals surface area contributed by atoms with E-state index in [9.17, 15) is 14.4 Å². The number of carboxylic acid groups (broad SMARTS) is 1. The predicted molar refractivity (Wildman–Crippen MR) is 60.2 cm³/mol. The van der Waals surface area contributed by atoms with Crippen molar-refractivity contribution in [3.8, 4) is 0 Å². The molecule has 0 aliphatic rings. The standard InChI is InChI=1S/C10H11N3O5/c1-18-8(14)5-12-10(17)13-6-2-3-7(9(15)16)11-4-6/h2-4H,5H2,1H3,(H,15,16)(H2,12,13,17). The molecule has 8 nitrogen and oxygen atoms in total. The minimum Gasteiger partial charge on any atom is -0.477 e. The summed E-state index contributed by atoms with van der Waals surface area (Å²) in [5.74, 6) is -1.74. The highest BCUT2D eigenvalue weighted by atomic mass is 16.5. The van der Waals surface area contributed by atoms with Crippen LogP contribution in [0.4, 0.5) is 10.5 Å². The van der Waals surface area contributed by atoms with Gasteiger partial charge in [-0.15, -0.1) is 0 Å². The van der Waals surface area contributed by atoms with Crippen molar-refractivity contribution >= 4 is 23.7 Å². The smallest absolute Gasteiger partial charge is 0.354 e. The van der Waals surface area contributed by atoms with Crippen molar-refractivity contribution in [2.24, 2.45) is 0 Å². The van der Waals surface area contributed by atoms with E-state index in [-0.39, 0.29) is 12.2 Å². The molecule has 0 bridgehead atoms. The quantitative estimate of drug-likeness (QED) is 0.654. The van der Waals surface area contributed by atoms with Crippen LogP contribution in [0.15, 0.2) is 18.3 Å². The Labute approximate surface area is 102 Å². The van der Waals surface area contributed by atoms with Gasteiger partial charge in [-0.2, -0.15) is 0 Å². The van der Waals surface area contributed by atoms with Gasteiger partial charge in [-0.25, -0.2) is 14.6 Å². The van der Waals surface area contributed by atoms with Crippen molar-refractivity contribution < 1.29 is 24.2 Å². The number of amides is 2. The number of carbonyl (C=O) groups is 3. The lowest BCUT2D eigenvalue weighted by Crippen LogP contribution is -2.33. The van der Waals surface area contributed by atoms with E-state index in [1.165, 1.54) is 25.4 Å². The molecule has 1 aromatic rings. The Balaban J connectivity index is 2.49. The summed E-state index contributed by atoms with van der Waals surface area (Å²) in [5.41, 5.74) is 0.179. The maximum absolute atomic E-state index is 11.3. The lowest BCUT2D eigenvalue weighted by molar-refractivity contribution is -0.139. The molecule has 8 heteroatoms. The number of carboxylic acids is 1. The predicted octanol–water partition coefficient (Wildman–Crippen LogP) is 0.0743. The fraction of sp³-hybridized carbons (Fsp3) is 0.200. The number of nitrogens with one attached hydrogen (secondary N) is 2. The molecule has 0 aliphatic carbocycles. The minimum atomic E-state index is -1.16. The van der Waals surface area contributed by atoms with Crippen LogP contribution in [-0.2, 0) is 9.53 Å². The van der Waals surface area contributed by atoms with Crippen molar-refractivity contribution in [2.75, 3.05) is 19.0 Å². The van der Waals surface area contributed by atoms with Gasteiger partial charge >= 0.3 is 18.0 Å². The molecule has 2 amide bonds. The van der Waals surface area contributed by atoms with Crippen LogP contribution in [0, 0.1) is 0 Å². The Morgan fingerprint density at radius 1 is 1.39 bits per heavy atom. The highest BCUT2D eigenvalue weighted by Gasteiger charge is 2.07. The van der Waals surface area contributed by atoms with Gasteiger partial charge in [0.1, 0.15) is 12.2 Å². The van der Waals surface area contributed by atoms with Crippen molar-refractivity contribution in [3.05, 3.63) is 24.0 Å². The molecule has 0 unspecified atom stereocenters. The zero-order chi connectivity index (χ0) is 13.5. The zero-order valence-corrected chi connectivity index (χ0v) is 9.47. The molecular formula is C10H11N3O5. The number of hydrogen-bond acceptors (Lipinski definition) is 5. The first-order chi connectivity index (χ1) is 8.52. The Hall–Kier alpha value is -2.64. The van der Waals surface area contributed by atoms with Gasteiger partial charge in [0.15, 0.2) is 0 Å². The largest absolute Gasteiger partial charge is 0.477 e. The normalized spacial score (nSPS) is 9.39. The average Bonchev–Trinajstić information content (AvgIpc) is 2.36. The van der Waals surface area contributed by atoms with E-state index < -0.39 is 18.0 Å². The third-order valence-electron chi connectivity index (χ3n) is 1.86.